The predicted octanol–water partition coefficient (Wildman–Crippen LogP) is 2.66. The molecule has 1 atom stereocenters. The van der Waals surface area contributed by atoms with Crippen LogP contribution in [0.3, 0.4) is 0 Å². The van der Waals surface area contributed by atoms with E-state index in [1.54, 1.807) is 0 Å². The van der Waals surface area contributed by atoms with Gasteiger partial charge in [-0.3, -0.25) is 0 Å². The second kappa shape index (κ2) is 6.11. The van der Waals surface area contributed by atoms with Crippen molar-refractivity contribution in [1.82, 2.24) is 10.2 Å². The van der Waals surface area contributed by atoms with E-state index in [-0.39, 0.29) is 5.54 Å². The van der Waals surface area contributed by atoms with Crippen LogP contribution in [0.25, 0.3) is 0 Å². The minimum absolute atomic E-state index is 0.227. The highest BCUT2D eigenvalue weighted by atomic mass is 16.5. The molecule has 3 heteroatoms. The Hall–Kier alpha value is -0.120. The molecule has 2 rings (SSSR count). The summed E-state index contributed by atoms with van der Waals surface area (Å²) in [5, 5.41) is 3.74. The molecule has 3 nitrogen and oxygen atoms in total. The number of likely N-dealkylation sites (N-methyl/N-ethyl adjacent to an activating group) is 1. The monoisotopic (exact) mass is 268 g/mol. The van der Waals surface area contributed by atoms with Gasteiger partial charge in [0.2, 0.25) is 0 Å². The maximum Gasteiger partial charge on any atom is 0.0622 e. The minimum Gasteiger partial charge on any atom is -0.380 e. The van der Waals surface area contributed by atoms with Gasteiger partial charge >= 0.3 is 0 Å². The predicted molar refractivity (Wildman–Crippen MR) is 80.5 cm³/mol. The molecular formula is C16H32N2O. The second-order valence-corrected chi connectivity index (χ2v) is 7.74. The lowest BCUT2D eigenvalue weighted by atomic mass is 9.84. The van der Waals surface area contributed by atoms with Gasteiger partial charge < -0.3 is 15.0 Å². The molecule has 19 heavy (non-hydrogen) atoms. The molecule has 1 heterocycles. The molecule has 2 fully saturated rings. The Bertz CT molecular complexity index is 273. The maximum atomic E-state index is 5.53. The van der Waals surface area contributed by atoms with E-state index in [1.165, 1.54) is 38.6 Å². The zero-order valence-electron chi connectivity index (χ0n) is 13.3. The number of hydrogen-bond acceptors (Lipinski definition) is 3. The highest BCUT2D eigenvalue weighted by molar-refractivity contribution is 4.92. The van der Waals surface area contributed by atoms with E-state index in [4.69, 9.17) is 4.74 Å². The number of nitrogens with one attached hydrogen (secondary N) is 1. The van der Waals surface area contributed by atoms with Gasteiger partial charge in [-0.2, -0.15) is 0 Å². The molecule has 2 aliphatic rings. The van der Waals surface area contributed by atoms with E-state index >= 15 is 0 Å². The van der Waals surface area contributed by atoms with Crippen molar-refractivity contribution < 1.29 is 4.74 Å². The van der Waals surface area contributed by atoms with Gasteiger partial charge in [0.25, 0.3) is 0 Å². The van der Waals surface area contributed by atoms with Gasteiger partial charge in [0.05, 0.1) is 6.61 Å². The van der Waals surface area contributed by atoms with Gasteiger partial charge in [-0.05, 0) is 52.5 Å². The van der Waals surface area contributed by atoms with Gasteiger partial charge in [0.15, 0.2) is 0 Å². The lowest BCUT2D eigenvalue weighted by molar-refractivity contribution is 0.110. The SMILES string of the molecule is CN(CC1(CNC(C)(C)C)CCCC1)C1CCOC1. The number of rotatable bonds is 5. The highest BCUT2D eigenvalue weighted by Crippen LogP contribution is 2.39. The van der Waals surface area contributed by atoms with Crippen LogP contribution in [0.15, 0.2) is 0 Å². The number of ether oxygens (including phenoxy) is 1. The largest absolute Gasteiger partial charge is 0.380 e. The van der Waals surface area contributed by atoms with Crippen LogP contribution >= 0.6 is 0 Å². The smallest absolute Gasteiger partial charge is 0.0622 e. The van der Waals surface area contributed by atoms with Crippen molar-refractivity contribution in [3.05, 3.63) is 0 Å². The Balaban J connectivity index is 1.90. The minimum atomic E-state index is 0.227. The highest BCUT2D eigenvalue weighted by Gasteiger charge is 2.37. The van der Waals surface area contributed by atoms with Crippen molar-refractivity contribution in [3.8, 4) is 0 Å². The first-order valence-electron chi connectivity index (χ1n) is 7.93. The molecule has 1 aliphatic heterocycles. The van der Waals surface area contributed by atoms with Crippen molar-refractivity contribution in [3.63, 3.8) is 0 Å². The van der Waals surface area contributed by atoms with Crippen molar-refractivity contribution in [2.75, 3.05) is 33.4 Å². The van der Waals surface area contributed by atoms with Crippen LogP contribution in [0.4, 0.5) is 0 Å². The molecule has 1 saturated heterocycles. The molecule has 0 aromatic carbocycles. The summed E-state index contributed by atoms with van der Waals surface area (Å²) in [5.74, 6) is 0. The first-order chi connectivity index (χ1) is 8.90. The first-order valence-corrected chi connectivity index (χ1v) is 7.93. The maximum absolute atomic E-state index is 5.53. The second-order valence-electron chi connectivity index (χ2n) is 7.74. The van der Waals surface area contributed by atoms with Gasteiger partial charge in [0, 0.05) is 31.3 Å². The third kappa shape index (κ3) is 4.44. The van der Waals surface area contributed by atoms with Gasteiger partial charge in [-0.25, -0.2) is 0 Å². The van der Waals surface area contributed by atoms with Crippen LogP contribution in [-0.4, -0.2) is 49.8 Å². The van der Waals surface area contributed by atoms with E-state index < -0.39 is 0 Å². The summed E-state index contributed by atoms with van der Waals surface area (Å²) in [5.41, 5.74) is 0.718. The van der Waals surface area contributed by atoms with E-state index in [0.29, 0.717) is 11.5 Å². The van der Waals surface area contributed by atoms with Crippen LogP contribution in [0, 0.1) is 5.41 Å². The summed E-state index contributed by atoms with van der Waals surface area (Å²) in [4.78, 5) is 2.56. The molecule has 1 N–H and O–H groups in total. The molecule has 0 aromatic rings. The van der Waals surface area contributed by atoms with Crippen molar-refractivity contribution in [2.24, 2.45) is 5.41 Å². The lowest BCUT2D eigenvalue weighted by Crippen LogP contribution is -2.49. The van der Waals surface area contributed by atoms with Crippen LogP contribution < -0.4 is 5.32 Å². The normalized spacial score (nSPS) is 27.3. The molecule has 0 bridgehead atoms. The summed E-state index contributed by atoms with van der Waals surface area (Å²) in [6, 6.07) is 0.645. The number of nitrogens with zero attached hydrogens (tertiary/aromatic N) is 1. The Labute approximate surface area is 119 Å². The summed E-state index contributed by atoms with van der Waals surface area (Å²) in [6.07, 6.45) is 6.78. The van der Waals surface area contributed by atoms with Gasteiger partial charge in [-0.15, -0.1) is 0 Å². The third-order valence-corrected chi connectivity index (χ3v) is 4.77. The van der Waals surface area contributed by atoms with E-state index in [0.717, 1.165) is 19.8 Å². The molecule has 1 saturated carbocycles. The van der Waals surface area contributed by atoms with Crippen molar-refractivity contribution in [2.45, 2.75) is 64.5 Å². The average molecular weight is 268 g/mol. The molecule has 1 aliphatic carbocycles. The fourth-order valence-electron chi connectivity index (χ4n) is 3.50. The van der Waals surface area contributed by atoms with Crippen LogP contribution in [0.5, 0.6) is 0 Å². The fraction of sp³-hybridized carbons (Fsp3) is 1.00. The Kier molecular flexibility index (Phi) is 4.91. The molecule has 0 aromatic heterocycles. The quantitative estimate of drug-likeness (QED) is 0.829. The fourth-order valence-corrected chi connectivity index (χ4v) is 3.50. The van der Waals surface area contributed by atoms with Crippen LogP contribution in [0.2, 0.25) is 0 Å². The van der Waals surface area contributed by atoms with E-state index in [9.17, 15) is 0 Å². The summed E-state index contributed by atoms with van der Waals surface area (Å²) < 4.78 is 5.53. The molecule has 112 valence electrons. The zero-order valence-corrected chi connectivity index (χ0v) is 13.3. The molecule has 0 amide bonds. The van der Waals surface area contributed by atoms with E-state index in [2.05, 4.69) is 38.0 Å². The Morgan fingerprint density at radius 2 is 1.95 bits per heavy atom. The first kappa shape index (κ1) is 15.3. The summed E-state index contributed by atoms with van der Waals surface area (Å²) in [6.45, 7) is 11.1. The van der Waals surface area contributed by atoms with Crippen molar-refractivity contribution in [1.29, 1.82) is 0 Å². The topological polar surface area (TPSA) is 24.5 Å². The Morgan fingerprint density at radius 1 is 1.26 bits per heavy atom. The molecule has 0 spiro atoms. The van der Waals surface area contributed by atoms with Crippen molar-refractivity contribution >= 4 is 0 Å². The molecule has 1 unspecified atom stereocenters. The van der Waals surface area contributed by atoms with E-state index in [1.807, 2.05) is 0 Å². The summed E-state index contributed by atoms with van der Waals surface area (Å²) >= 11 is 0. The third-order valence-electron chi connectivity index (χ3n) is 4.77. The molecule has 0 radical (unpaired) electrons. The number of hydrogen-bond donors (Lipinski definition) is 1. The van der Waals surface area contributed by atoms with Gasteiger partial charge in [0.1, 0.15) is 0 Å². The lowest BCUT2D eigenvalue weighted by Gasteiger charge is -2.38. The van der Waals surface area contributed by atoms with Crippen LogP contribution in [0.1, 0.15) is 52.9 Å². The standard InChI is InChI=1S/C16H32N2O/c1-15(2,3)17-12-16(8-5-6-9-16)13-18(4)14-7-10-19-11-14/h14,17H,5-13H2,1-4H3. The van der Waals surface area contributed by atoms with Crippen LogP contribution in [-0.2, 0) is 4.74 Å². The summed E-state index contributed by atoms with van der Waals surface area (Å²) in [7, 11) is 2.29. The van der Waals surface area contributed by atoms with Gasteiger partial charge in [-0.1, -0.05) is 12.8 Å². The zero-order chi connectivity index (χ0) is 13.9. The Morgan fingerprint density at radius 3 is 2.47 bits per heavy atom. The molecular weight excluding hydrogens is 236 g/mol. The average Bonchev–Trinajstić information content (AvgIpc) is 2.97.